The second kappa shape index (κ2) is 7.61. The molecule has 2 amide bonds. The molecule has 1 atom stereocenters. The van der Waals surface area contributed by atoms with Gasteiger partial charge in [0.25, 0.3) is 0 Å². The van der Waals surface area contributed by atoms with Crippen LogP contribution in [-0.4, -0.2) is 35.7 Å². The Kier molecular flexibility index (Phi) is 5.28. The minimum absolute atomic E-state index is 0.0248. The number of amides is 2. The fourth-order valence-electron chi connectivity index (χ4n) is 3.17. The van der Waals surface area contributed by atoms with Crippen LogP contribution in [0.2, 0.25) is 0 Å². The van der Waals surface area contributed by atoms with E-state index in [4.69, 9.17) is 5.11 Å². The molecule has 0 bridgehead atoms. The predicted octanol–water partition coefficient (Wildman–Crippen LogP) is 3.87. The Labute approximate surface area is 145 Å². The summed E-state index contributed by atoms with van der Waals surface area (Å²) in [4.78, 5) is 14.1. The number of nitrogens with zero attached hydrogens (tertiary/aromatic N) is 1. The Hall–Kier alpha value is -2.47. The Morgan fingerprint density at radius 3 is 2.72 bits per heavy atom. The molecule has 2 N–H and O–H groups in total. The van der Waals surface area contributed by atoms with Gasteiger partial charge < -0.3 is 15.3 Å². The molecule has 25 heavy (non-hydrogen) atoms. The maximum atomic E-state index is 14.3. The smallest absolute Gasteiger partial charge is 0.321 e. The first kappa shape index (κ1) is 17.4. The van der Waals surface area contributed by atoms with Crippen molar-refractivity contribution in [2.75, 3.05) is 25.0 Å². The number of hydrogen-bond acceptors (Lipinski definition) is 2. The molecule has 1 fully saturated rings. The summed E-state index contributed by atoms with van der Waals surface area (Å²) in [5.41, 5.74) is 0.900. The number of hydrogen-bond donors (Lipinski definition) is 2. The second-order valence-electron chi connectivity index (χ2n) is 6.22. The number of urea groups is 1. The second-order valence-corrected chi connectivity index (χ2v) is 6.22. The van der Waals surface area contributed by atoms with E-state index in [1.54, 1.807) is 29.2 Å². The minimum Gasteiger partial charge on any atom is -0.396 e. The van der Waals surface area contributed by atoms with E-state index in [-0.39, 0.29) is 18.2 Å². The van der Waals surface area contributed by atoms with Crippen molar-refractivity contribution in [1.29, 1.82) is 0 Å². The molecule has 0 spiro atoms. The molecule has 2 aromatic carbocycles. The van der Waals surface area contributed by atoms with E-state index in [2.05, 4.69) is 5.32 Å². The molecule has 1 aliphatic heterocycles. The SMILES string of the molecule is O=C(Nc1c(F)cc(F)cc1-c1ccccc1)N1CC[C@H](CCO)C1. The number of likely N-dealkylation sites (tertiary alicyclic amines) is 1. The van der Waals surface area contributed by atoms with Gasteiger partial charge in [0.1, 0.15) is 11.6 Å². The first-order valence-corrected chi connectivity index (χ1v) is 8.29. The number of carbonyl (C=O) groups excluding carboxylic acids is 1. The van der Waals surface area contributed by atoms with Crippen molar-refractivity contribution >= 4 is 11.7 Å². The Balaban J connectivity index is 1.84. The van der Waals surface area contributed by atoms with E-state index in [9.17, 15) is 13.6 Å². The van der Waals surface area contributed by atoms with E-state index in [1.807, 2.05) is 6.07 Å². The van der Waals surface area contributed by atoms with E-state index in [0.29, 0.717) is 30.6 Å². The molecule has 0 radical (unpaired) electrons. The van der Waals surface area contributed by atoms with Crippen LogP contribution in [0.3, 0.4) is 0 Å². The highest BCUT2D eigenvalue weighted by atomic mass is 19.1. The van der Waals surface area contributed by atoms with Crippen LogP contribution >= 0.6 is 0 Å². The van der Waals surface area contributed by atoms with Gasteiger partial charge in [0.05, 0.1) is 5.69 Å². The maximum absolute atomic E-state index is 14.3. The average Bonchev–Trinajstić information content (AvgIpc) is 3.07. The number of rotatable bonds is 4. The molecule has 4 nitrogen and oxygen atoms in total. The monoisotopic (exact) mass is 346 g/mol. The fraction of sp³-hybridized carbons (Fsp3) is 0.316. The summed E-state index contributed by atoms with van der Waals surface area (Å²) in [5.74, 6) is -1.25. The van der Waals surface area contributed by atoms with E-state index in [1.165, 1.54) is 6.07 Å². The number of halogens is 2. The highest BCUT2D eigenvalue weighted by Crippen LogP contribution is 2.32. The molecule has 0 saturated carbocycles. The van der Waals surface area contributed by atoms with Crippen molar-refractivity contribution in [3.05, 3.63) is 54.1 Å². The van der Waals surface area contributed by atoms with Gasteiger partial charge in [-0.15, -0.1) is 0 Å². The van der Waals surface area contributed by atoms with Gasteiger partial charge in [-0.05, 0) is 30.4 Å². The molecular formula is C19H20F2N2O2. The third-order valence-electron chi connectivity index (χ3n) is 4.48. The Morgan fingerprint density at radius 1 is 1.24 bits per heavy atom. The molecule has 6 heteroatoms. The molecule has 0 unspecified atom stereocenters. The molecule has 0 aromatic heterocycles. The topological polar surface area (TPSA) is 52.6 Å². The molecule has 3 rings (SSSR count). The van der Waals surface area contributed by atoms with E-state index in [0.717, 1.165) is 12.5 Å². The predicted molar refractivity (Wildman–Crippen MR) is 92.2 cm³/mol. The van der Waals surface area contributed by atoms with Crippen LogP contribution in [0.1, 0.15) is 12.8 Å². The number of aliphatic hydroxyl groups excluding tert-OH is 1. The lowest BCUT2D eigenvalue weighted by atomic mass is 10.0. The zero-order chi connectivity index (χ0) is 17.8. The van der Waals surface area contributed by atoms with Crippen LogP contribution in [0.15, 0.2) is 42.5 Å². The quantitative estimate of drug-likeness (QED) is 0.883. The van der Waals surface area contributed by atoms with Crippen molar-refractivity contribution < 1.29 is 18.7 Å². The summed E-state index contributed by atoms with van der Waals surface area (Å²) in [6, 6.07) is 10.4. The third kappa shape index (κ3) is 3.96. The highest BCUT2D eigenvalue weighted by Gasteiger charge is 2.27. The normalized spacial score (nSPS) is 16.9. The molecule has 132 valence electrons. The van der Waals surface area contributed by atoms with Gasteiger partial charge in [-0.3, -0.25) is 0 Å². The van der Waals surface area contributed by atoms with Crippen LogP contribution in [0, 0.1) is 17.6 Å². The first-order chi connectivity index (χ1) is 12.1. The Morgan fingerprint density at radius 2 is 2.00 bits per heavy atom. The summed E-state index contributed by atoms with van der Waals surface area (Å²) in [5, 5.41) is 11.6. The molecular weight excluding hydrogens is 326 g/mol. The van der Waals surface area contributed by atoms with Gasteiger partial charge in [-0.2, -0.15) is 0 Å². The average molecular weight is 346 g/mol. The molecule has 1 aliphatic rings. The number of anilines is 1. The van der Waals surface area contributed by atoms with Crippen molar-refractivity contribution in [1.82, 2.24) is 4.90 Å². The number of aliphatic hydroxyl groups is 1. The van der Waals surface area contributed by atoms with Gasteiger partial charge in [0, 0.05) is 31.3 Å². The lowest BCUT2D eigenvalue weighted by Crippen LogP contribution is -2.33. The number of benzene rings is 2. The number of carbonyl (C=O) groups is 1. The van der Waals surface area contributed by atoms with Crippen LogP contribution < -0.4 is 5.32 Å². The lowest BCUT2D eigenvalue weighted by molar-refractivity contribution is 0.217. The fourth-order valence-corrected chi connectivity index (χ4v) is 3.17. The van der Waals surface area contributed by atoms with Crippen molar-refractivity contribution in [3.8, 4) is 11.1 Å². The summed E-state index contributed by atoms with van der Waals surface area (Å²) >= 11 is 0. The largest absolute Gasteiger partial charge is 0.396 e. The minimum atomic E-state index is -0.807. The van der Waals surface area contributed by atoms with Gasteiger partial charge in [-0.25, -0.2) is 13.6 Å². The van der Waals surface area contributed by atoms with E-state index >= 15 is 0 Å². The third-order valence-corrected chi connectivity index (χ3v) is 4.48. The summed E-state index contributed by atoms with van der Waals surface area (Å²) in [7, 11) is 0. The van der Waals surface area contributed by atoms with Gasteiger partial charge in [0.2, 0.25) is 0 Å². The van der Waals surface area contributed by atoms with Crippen LogP contribution in [0.4, 0.5) is 19.3 Å². The van der Waals surface area contributed by atoms with Gasteiger partial charge in [-0.1, -0.05) is 30.3 Å². The standard InChI is InChI=1S/C19H20F2N2O2/c20-15-10-16(14-4-2-1-3-5-14)18(17(21)11-15)22-19(25)23-8-6-13(12-23)7-9-24/h1-5,10-11,13,24H,6-9,12H2,(H,22,25)/t13-/m1/s1. The van der Waals surface area contributed by atoms with Crippen molar-refractivity contribution in [2.45, 2.75) is 12.8 Å². The molecule has 2 aromatic rings. The Bertz CT molecular complexity index is 753. The van der Waals surface area contributed by atoms with E-state index < -0.39 is 17.7 Å². The van der Waals surface area contributed by atoms with Crippen LogP contribution in [0.25, 0.3) is 11.1 Å². The lowest BCUT2D eigenvalue weighted by Gasteiger charge is -2.19. The zero-order valence-corrected chi connectivity index (χ0v) is 13.7. The van der Waals surface area contributed by atoms with Gasteiger partial charge >= 0.3 is 6.03 Å². The first-order valence-electron chi connectivity index (χ1n) is 8.29. The molecule has 1 saturated heterocycles. The zero-order valence-electron chi connectivity index (χ0n) is 13.7. The highest BCUT2D eigenvalue weighted by molar-refractivity contribution is 5.94. The van der Waals surface area contributed by atoms with Gasteiger partial charge in [0.15, 0.2) is 0 Å². The summed E-state index contributed by atoms with van der Waals surface area (Å²) in [6.07, 6.45) is 1.45. The number of nitrogens with one attached hydrogen (secondary N) is 1. The van der Waals surface area contributed by atoms with Crippen molar-refractivity contribution in [2.24, 2.45) is 5.92 Å². The van der Waals surface area contributed by atoms with Crippen LogP contribution in [-0.2, 0) is 0 Å². The summed E-state index contributed by atoms with van der Waals surface area (Å²) < 4.78 is 28.0. The summed E-state index contributed by atoms with van der Waals surface area (Å²) in [6.45, 7) is 1.17. The van der Waals surface area contributed by atoms with Crippen LogP contribution in [0.5, 0.6) is 0 Å². The maximum Gasteiger partial charge on any atom is 0.321 e. The van der Waals surface area contributed by atoms with Crippen molar-refractivity contribution in [3.63, 3.8) is 0 Å². The molecule has 1 heterocycles. The molecule has 0 aliphatic carbocycles.